The van der Waals surface area contributed by atoms with Gasteiger partial charge in [-0.2, -0.15) is 0 Å². The van der Waals surface area contributed by atoms with Gasteiger partial charge >= 0.3 is 0 Å². The fraction of sp³-hybridized carbons (Fsp3) is 0.273. The van der Waals surface area contributed by atoms with E-state index in [1.54, 1.807) is 7.05 Å². The van der Waals surface area contributed by atoms with Crippen LogP contribution in [0.4, 0.5) is 0 Å². The van der Waals surface area contributed by atoms with Gasteiger partial charge in [-0.15, -0.1) is 10.2 Å². The van der Waals surface area contributed by atoms with Crippen LogP contribution in [0.5, 0.6) is 0 Å². The normalized spacial score (nSPS) is 11.6. The summed E-state index contributed by atoms with van der Waals surface area (Å²) in [6.07, 6.45) is 1.87. The Labute approximate surface area is 100 Å². The minimum absolute atomic E-state index is 0.0217. The van der Waals surface area contributed by atoms with E-state index in [9.17, 15) is 8.42 Å². The van der Waals surface area contributed by atoms with E-state index in [0.29, 0.717) is 6.42 Å². The third kappa shape index (κ3) is 2.71. The van der Waals surface area contributed by atoms with Gasteiger partial charge in [0.25, 0.3) is 0 Å². The Hall–Kier alpha value is -1.69. The maximum Gasteiger partial charge on any atom is 0.249 e. The van der Waals surface area contributed by atoms with Gasteiger partial charge in [-0.1, -0.05) is 30.3 Å². The van der Waals surface area contributed by atoms with Gasteiger partial charge in [0.05, 0.1) is 5.75 Å². The number of sulfone groups is 1. The Bertz CT molecular complexity index is 590. The van der Waals surface area contributed by atoms with Gasteiger partial charge < -0.3 is 4.57 Å². The first-order valence-electron chi connectivity index (χ1n) is 5.20. The third-order valence-corrected chi connectivity index (χ3v) is 4.12. The monoisotopic (exact) mass is 251 g/mol. The minimum atomic E-state index is -3.36. The van der Waals surface area contributed by atoms with Crippen LogP contribution in [0.25, 0.3) is 0 Å². The van der Waals surface area contributed by atoms with Gasteiger partial charge in [0.1, 0.15) is 6.33 Å². The predicted octanol–water partition coefficient (Wildman–Crippen LogP) is 0.831. The molecule has 1 heterocycles. The smallest absolute Gasteiger partial charge is 0.249 e. The van der Waals surface area contributed by atoms with E-state index in [1.165, 1.54) is 10.9 Å². The Kier molecular flexibility index (Phi) is 3.23. The van der Waals surface area contributed by atoms with Crippen molar-refractivity contribution in [2.45, 2.75) is 11.6 Å². The largest absolute Gasteiger partial charge is 0.308 e. The number of nitrogens with zero attached hydrogens (tertiary/aromatic N) is 3. The van der Waals surface area contributed by atoms with Crippen LogP contribution < -0.4 is 0 Å². The molecule has 0 bridgehead atoms. The summed E-state index contributed by atoms with van der Waals surface area (Å²) in [7, 11) is -1.74. The van der Waals surface area contributed by atoms with Crippen molar-refractivity contribution in [3.63, 3.8) is 0 Å². The summed E-state index contributed by atoms with van der Waals surface area (Å²) in [5.41, 5.74) is 0.998. The van der Waals surface area contributed by atoms with Crippen molar-refractivity contribution in [2.75, 3.05) is 5.75 Å². The fourth-order valence-electron chi connectivity index (χ4n) is 1.54. The van der Waals surface area contributed by atoms with Crippen molar-refractivity contribution in [3.05, 3.63) is 42.2 Å². The zero-order valence-electron chi connectivity index (χ0n) is 9.44. The number of rotatable bonds is 4. The van der Waals surface area contributed by atoms with E-state index in [-0.39, 0.29) is 10.9 Å². The predicted molar refractivity (Wildman–Crippen MR) is 63.2 cm³/mol. The molecule has 1 aromatic carbocycles. The standard InChI is InChI=1S/C11H13N3O2S/c1-14-9-12-13-11(14)17(15,16)8-7-10-5-3-2-4-6-10/h2-6,9H,7-8H2,1H3. The van der Waals surface area contributed by atoms with E-state index in [2.05, 4.69) is 10.2 Å². The first-order valence-corrected chi connectivity index (χ1v) is 6.85. The summed E-state index contributed by atoms with van der Waals surface area (Å²) in [5, 5.41) is 7.22. The molecular formula is C11H13N3O2S. The zero-order chi connectivity index (χ0) is 12.3. The molecule has 6 heteroatoms. The highest BCUT2D eigenvalue weighted by molar-refractivity contribution is 7.91. The molecule has 5 nitrogen and oxygen atoms in total. The molecule has 0 aliphatic carbocycles. The molecular weight excluding hydrogens is 238 g/mol. The Morgan fingerprint density at radius 1 is 1.24 bits per heavy atom. The van der Waals surface area contributed by atoms with Gasteiger partial charge in [-0.25, -0.2) is 8.42 Å². The molecule has 2 rings (SSSR count). The maximum atomic E-state index is 12.0. The Morgan fingerprint density at radius 3 is 2.53 bits per heavy atom. The molecule has 0 unspecified atom stereocenters. The van der Waals surface area contributed by atoms with Gasteiger partial charge in [0, 0.05) is 7.05 Å². The quantitative estimate of drug-likeness (QED) is 0.807. The average molecular weight is 251 g/mol. The van der Waals surface area contributed by atoms with Crippen LogP contribution in [0.3, 0.4) is 0 Å². The minimum Gasteiger partial charge on any atom is -0.308 e. The van der Waals surface area contributed by atoms with Crippen molar-refractivity contribution in [1.29, 1.82) is 0 Å². The van der Waals surface area contributed by atoms with Crippen LogP contribution in [-0.4, -0.2) is 28.9 Å². The van der Waals surface area contributed by atoms with Crippen LogP contribution in [0.2, 0.25) is 0 Å². The van der Waals surface area contributed by atoms with Crippen LogP contribution >= 0.6 is 0 Å². The molecule has 0 radical (unpaired) electrons. The van der Waals surface area contributed by atoms with Crippen molar-refractivity contribution in [2.24, 2.45) is 7.05 Å². The average Bonchev–Trinajstić information content (AvgIpc) is 2.75. The van der Waals surface area contributed by atoms with E-state index in [1.807, 2.05) is 30.3 Å². The molecule has 0 atom stereocenters. The summed E-state index contributed by atoms with van der Waals surface area (Å²) in [6, 6.07) is 9.51. The molecule has 17 heavy (non-hydrogen) atoms. The molecule has 0 spiro atoms. The molecule has 0 fully saturated rings. The van der Waals surface area contributed by atoms with Crippen molar-refractivity contribution >= 4 is 9.84 Å². The summed E-state index contributed by atoms with van der Waals surface area (Å²) in [5.74, 6) is 0.0452. The van der Waals surface area contributed by atoms with Gasteiger partial charge in [-0.05, 0) is 12.0 Å². The molecule has 0 aliphatic rings. The topological polar surface area (TPSA) is 64.8 Å². The first kappa shape index (κ1) is 11.8. The number of aromatic nitrogens is 3. The van der Waals surface area contributed by atoms with Crippen LogP contribution in [0, 0.1) is 0 Å². The lowest BCUT2D eigenvalue weighted by molar-refractivity contribution is 0.577. The zero-order valence-corrected chi connectivity index (χ0v) is 10.3. The number of hydrogen-bond acceptors (Lipinski definition) is 4. The molecule has 90 valence electrons. The molecule has 0 saturated heterocycles. The molecule has 2 aromatic rings. The van der Waals surface area contributed by atoms with Crippen LogP contribution in [0.15, 0.2) is 41.8 Å². The molecule has 0 N–H and O–H groups in total. The summed E-state index contributed by atoms with van der Waals surface area (Å²) >= 11 is 0. The second-order valence-electron chi connectivity index (χ2n) is 3.78. The fourth-order valence-corrected chi connectivity index (χ4v) is 2.89. The lowest BCUT2D eigenvalue weighted by atomic mass is 10.2. The summed E-state index contributed by atoms with van der Waals surface area (Å²) in [6.45, 7) is 0. The second-order valence-corrected chi connectivity index (χ2v) is 5.78. The maximum absolute atomic E-state index is 12.0. The summed E-state index contributed by atoms with van der Waals surface area (Å²) < 4.78 is 25.3. The van der Waals surface area contributed by atoms with E-state index in [0.717, 1.165) is 5.56 Å². The highest BCUT2D eigenvalue weighted by atomic mass is 32.2. The lowest BCUT2D eigenvalue weighted by Gasteiger charge is -2.03. The molecule has 1 aromatic heterocycles. The summed E-state index contributed by atoms with van der Waals surface area (Å²) in [4.78, 5) is 0. The molecule has 0 amide bonds. The highest BCUT2D eigenvalue weighted by Crippen LogP contribution is 2.09. The van der Waals surface area contributed by atoms with E-state index < -0.39 is 9.84 Å². The molecule has 0 saturated carbocycles. The van der Waals surface area contributed by atoms with Crippen molar-refractivity contribution in [3.8, 4) is 0 Å². The van der Waals surface area contributed by atoms with Crippen LogP contribution in [0.1, 0.15) is 5.56 Å². The lowest BCUT2D eigenvalue weighted by Crippen LogP contribution is -2.14. The SMILES string of the molecule is Cn1cnnc1S(=O)(=O)CCc1ccccc1. The van der Waals surface area contributed by atoms with E-state index in [4.69, 9.17) is 0 Å². The Morgan fingerprint density at radius 2 is 1.94 bits per heavy atom. The van der Waals surface area contributed by atoms with Crippen molar-refractivity contribution in [1.82, 2.24) is 14.8 Å². The third-order valence-electron chi connectivity index (χ3n) is 2.45. The Balaban J connectivity index is 2.12. The number of benzene rings is 1. The number of hydrogen-bond donors (Lipinski definition) is 0. The van der Waals surface area contributed by atoms with Crippen LogP contribution in [-0.2, 0) is 23.3 Å². The van der Waals surface area contributed by atoms with Gasteiger partial charge in [0.15, 0.2) is 0 Å². The van der Waals surface area contributed by atoms with Crippen molar-refractivity contribution < 1.29 is 8.42 Å². The molecule has 0 aliphatic heterocycles. The first-order chi connectivity index (χ1) is 8.09. The van der Waals surface area contributed by atoms with Gasteiger partial charge in [-0.3, -0.25) is 0 Å². The second kappa shape index (κ2) is 4.67. The van der Waals surface area contributed by atoms with E-state index >= 15 is 0 Å². The van der Waals surface area contributed by atoms with Gasteiger partial charge in [0.2, 0.25) is 15.0 Å². The highest BCUT2D eigenvalue weighted by Gasteiger charge is 2.19. The number of aryl methyl sites for hydroxylation is 2.